The Morgan fingerprint density at radius 3 is 3.12 bits per heavy atom. The number of anilines is 1. The summed E-state index contributed by atoms with van der Waals surface area (Å²) in [6, 6.07) is 1.09. The molecule has 17 heavy (non-hydrogen) atoms. The van der Waals surface area contributed by atoms with Crippen molar-refractivity contribution in [2.24, 2.45) is 5.92 Å². The number of carbonyl (C=O) groups is 1. The van der Waals surface area contributed by atoms with Gasteiger partial charge in [0.2, 0.25) is 0 Å². The van der Waals surface area contributed by atoms with E-state index in [9.17, 15) is 9.18 Å². The number of nitrogen functional groups attached to an aromatic ring is 1. The normalized spacial score (nSPS) is 19.6. The zero-order valence-corrected chi connectivity index (χ0v) is 9.27. The lowest BCUT2D eigenvalue weighted by atomic mass is 10.1. The molecule has 5 nitrogen and oxygen atoms in total. The first-order valence-electron chi connectivity index (χ1n) is 5.43. The molecular formula is C11H14FN3O2. The highest BCUT2D eigenvalue weighted by molar-refractivity contribution is 5.98. The molecule has 6 heteroatoms. The molecule has 3 N–H and O–H groups in total. The molecule has 0 aromatic carbocycles. The molecule has 1 unspecified atom stereocenters. The maximum Gasteiger partial charge on any atom is 0.257 e. The third-order valence-electron chi connectivity index (χ3n) is 2.95. The third kappa shape index (κ3) is 2.36. The van der Waals surface area contributed by atoms with E-state index in [1.165, 1.54) is 0 Å². The smallest absolute Gasteiger partial charge is 0.257 e. The van der Waals surface area contributed by atoms with Crippen LogP contribution in [0.2, 0.25) is 0 Å². The summed E-state index contributed by atoms with van der Waals surface area (Å²) in [5.41, 5.74) is 5.64. The summed E-state index contributed by atoms with van der Waals surface area (Å²) >= 11 is 0. The first-order valence-corrected chi connectivity index (χ1v) is 5.43. The molecule has 1 saturated heterocycles. The number of aliphatic hydroxyl groups is 1. The summed E-state index contributed by atoms with van der Waals surface area (Å²) in [6.07, 6.45) is 1.73. The van der Waals surface area contributed by atoms with Crippen molar-refractivity contribution in [3.63, 3.8) is 0 Å². The van der Waals surface area contributed by atoms with Crippen LogP contribution in [0.1, 0.15) is 16.8 Å². The third-order valence-corrected chi connectivity index (χ3v) is 2.95. The molecule has 1 aliphatic rings. The molecule has 0 aliphatic carbocycles. The lowest BCUT2D eigenvalue weighted by Gasteiger charge is -2.16. The van der Waals surface area contributed by atoms with Gasteiger partial charge in [0, 0.05) is 25.6 Å². The number of carbonyl (C=O) groups excluding carboxylic acids is 1. The fraction of sp³-hybridized carbons (Fsp3) is 0.455. The molecule has 2 rings (SSSR count). The Kier molecular flexibility index (Phi) is 3.23. The minimum absolute atomic E-state index is 0.0313. The van der Waals surface area contributed by atoms with Crippen LogP contribution in [0.3, 0.4) is 0 Å². The van der Waals surface area contributed by atoms with Crippen LogP contribution in [-0.4, -0.2) is 40.6 Å². The van der Waals surface area contributed by atoms with Gasteiger partial charge in [0.25, 0.3) is 5.91 Å². The minimum atomic E-state index is -0.583. The molecule has 0 saturated carbocycles. The summed E-state index contributed by atoms with van der Waals surface area (Å²) in [7, 11) is 0. The highest BCUT2D eigenvalue weighted by atomic mass is 19.1. The van der Waals surface area contributed by atoms with Gasteiger partial charge in [-0.05, 0) is 12.5 Å². The van der Waals surface area contributed by atoms with Crippen LogP contribution in [0.4, 0.5) is 10.2 Å². The Labute approximate surface area is 98.1 Å². The number of hydrogen-bond donors (Lipinski definition) is 2. The number of likely N-dealkylation sites (tertiary alicyclic amines) is 1. The number of hydrogen-bond acceptors (Lipinski definition) is 4. The molecule has 1 fully saturated rings. The van der Waals surface area contributed by atoms with E-state index in [1.807, 2.05) is 0 Å². The number of rotatable bonds is 2. The second-order valence-corrected chi connectivity index (χ2v) is 4.17. The first kappa shape index (κ1) is 11.8. The predicted molar refractivity (Wildman–Crippen MR) is 59.7 cm³/mol. The number of pyridine rings is 1. The van der Waals surface area contributed by atoms with Crippen LogP contribution < -0.4 is 5.73 Å². The molecule has 1 aromatic heterocycles. The maximum atomic E-state index is 13.0. The van der Waals surface area contributed by atoms with Crippen LogP contribution in [-0.2, 0) is 0 Å². The van der Waals surface area contributed by atoms with E-state index < -0.39 is 5.82 Å². The van der Waals surface area contributed by atoms with Crippen LogP contribution in [0.25, 0.3) is 0 Å². The molecule has 0 bridgehead atoms. The molecule has 0 spiro atoms. The van der Waals surface area contributed by atoms with Crippen LogP contribution in [0.15, 0.2) is 12.3 Å². The fourth-order valence-electron chi connectivity index (χ4n) is 1.96. The lowest BCUT2D eigenvalue weighted by molar-refractivity contribution is 0.0782. The van der Waals surface area contributed by atoms with Crippen LogP contribution >= 0.6 is 0 Å². The Morgan fingerprint density at radius 2 is 2.47 bits per heavy atom. The molecular weight excluding hydrogens is 225 g/mol. The summed E-state index contributed by atoms with van der Waals surface area (Å²) in [4.78, 5) is 17.2. The topological polar surface area (TPSA) is 79.5 Å². The Balaban J connectivity index is 2.17. The highest BCUT2D eigenvalue weighted by Gasteiger charge is 2.27. The van der Waals surface area contributed by atoms with E-state index in [4.69, 9.17) is 10.8 Å². The van der Waals surface area contributed by atoms with E-state index in [0.29, 0.717) is 13.1 Å². The van der Waals surface area contributed by atoms with E-state index in [0.717, 1.165) is 18.7 Å². The fourth-order valence-corrected chi connectivity index (χ4v) is 1.96. The van der Waals surface area contributed by atoms with E-state index >= 15 is 0 Å². The lowest BCUT2D eigenvalue weighted by Crippen LogP contribution is -2.30. The minimum Gasteiger partial charge on any atom is -0.396 e. The molecule has 1 amide bonds. The Morgan fingerprint density at radius 1 is 1.71 bits per heavy atom. The number of halogens is 1. The molecule has 1 aromatic rings. The maximum absolute atomic E-state index is 13.0. The van der Waals surface area contributed by atoms with Gasteiger partial charge < -0.3 is 15.7 Å². The Bertz CT molecular complexity index is 439. The summed E-state index contributed by atoms with van der Waals surface area (Å²) in [5.74, 6) is -0.781. The van der Waals surface area contributed by atoms with E-state index in [1.54, 1.807) is 4.90 Å². The SMILES string of the molecule is Nc1ncc(F)cc1C(=O)N1CCC(CO)C1. The van der Waals surface area contributed by atoms with Gasteiger partial charge in [-0.3, -0.25) is 4.79 Å². The van der Waals surface area contributed by atoms with Crippen molar-refractivity contribution in [1.82, 2.24) is 9.88 Å². The van der Waals surface area contributed by atoms with Crippen molar-refractivity contribution in [3.8, 4) is 0 Å². The average molecular weight is 239 g/mol. The zero-order valence-electron chi connectivity index (χ0n) is 9.27. The van der Waals surface area contributed by atoms with E-state index in [2.05, 4.69) is 4.98 Å². The first-order chi connectivity index (χ1) is 8.11. The number of aliphatic hydroxyl groups excluding tert-OH is 1. The van der Waals surface area contributed by atoms with Crippen LogP contribution in [0.5, 0.6) is 0 Å². The van der Waals surface area contributed by atoms with Crippen molar-refractivity contribution in [2.45, 2.75) is 6.42 Å². The van der Waals surface area contributed by atoms with E-state index in [-0.39, 0.29) is 29.8 Å². The van der Waals surface area contributed by atoms with Gasteiger partial charge in [-0.15, -0.1) is 0 Å². The largest absolute Gasteiger partial charge is 0.396 e. The average Bonchev–Trinajstić information content (AvgIpc) is 2.80. The predicted octanol–water partition coefficient (Wildman–Crippen LogP) is 0.257. The summed E-state index contributed by atoms with van der Waals surface area (Å²) < 4.78 is 13.0. The molecule has 1 aliphatic heterocycles. The molecule has 2 heterocycles. The second-order valence-electron chi connectivity index (χ2n) is 4.17. The summed E-state index contributed by atoms with van der Waals surface area (Å²) in [5, 5.41) is 9.00. The van der Waals surface area contributed by atoms with Gasteiger partial charge in [0.05, 0.1) is 11.8 Å². The quantitative estimate of drug-likeness (QED) is 0.775. The number of nitrogens with zero attached hydrogens (tertiary/aromatic N) is 2. The standard InChI is InChI=1S/C11H14FN3O2/c12-8-3-9(10(13)14-4-8)11(17)15-2-1-7(5-15)6-16/h3-4,7,16H,1-2,5-6H2,(H2,13,14). The monoisotopic (exact) mass is 239 g/mol. The van der Waals surface area contributed by atoms with Crippen molar-refractivity contribution >= 4 is 11.7 Å². The number of nitrogens with two attached hydrogens (primary N) is 1. The van der Waals surface area contributed by atoms with Crippen molar-refractivity contribution in [3.05, 3.63) is 23.6 Å². The highest BCUT2D eigenvalue weighted by Crippen LogP contribution is 2.20. The zero-order chi connectivity index (χ0) is 12.4. The summed E-state index contributed by atoms with van der Waals surface area (Å²) in [6.45, 7) is 1.09. The number of aromatic nitrogens is 1. The molecule has 1 atom stereocenters. The van der Waals surface area contributed by atoms with Crippen molar-refractivity contribution < 1.29 is 14.3 Å². The van der Waals surface area contributed by atoms with Gasteiger partial charge in [0.1, 0.15) is 11.6 Å². The van der Waals surface area contributed by atoms with Crippen molar-refractivity contribution in [1.29, 1.82) is 0 Å². The van der Waals surface area contributed by atoms with Gasteiger partial charge in [-0.25, -0.2) is 9.37 Å². The van der Waals surface area contributed by atoms with Gasteiger partial charge in [-0.1, -0.05) is 0 Å². The van der Waals surface area contributed by atoms with Crippen LogP contribution in [0, 0.1) is 11.7 Å². The van der Waals surface area contributed by atoms with Crippen molar-refractivity contribution in [2.75, 3.05) is 25.4 Å². The van der Waals surface area contributed by atoms with Gasteiger partial charge in [-0.2, -0.15) is 0 Å². The van der Waals surface area contributed by atoms with Gasteiger partial charge in [0.15, 0.2) is 0 Å². The van der Waals surface area contributed by atoms with Gasteiger partial charge >= 0.3 is 0 Å². The molecule has 92 valence electrons. The number of amides is 1. The second kappa shape index (κ2) is 4.67. The molecule has 0 radical (unpaired) electrons. The Hall–Kier alpha value is -1.69.